The molecule has 2 aliphatic rings. The van der Waals surface area contributed by atoms with Crippen molar-refractivity contribution in [1.29, 1.82) is 0 Å². The SMILES string of the molecule is CCC1(C)CCSC(=NCC2CCN(C(C)C)C2)N1. The fourth-order valence-electron chi connectivity index (χ4n) is 2.77. The average molecular weight is 283 g/mol. The molecule has 1 N–H and O–H groups in total. The first-order valence-electron chi connectivity index (χ1n) is 7.72. The number of thioether (sulfide) groups is 1. The predicted octanol–water partition coefficient (Wildman–Crippen LogP) is 2.97. The summed E-state index contributed by atoms with van der Waals surface area (Å²) < 4.78 is 0. The lowest BCUT2D eigenvalue weighted by molar-refractivity contribution is 0.266. The second kappa shape index (κ2) is 6.49. The van der Waals surface area contributed by atoms with Crippen LogP contribution in [0.25, 0.3) is 0 Å². The van der Waals surface area contributed by atoms with Crippen LogP contribution in [0.3, 0.4) is 0 Å². The van der Waals surface area contributed by atoms with Crippen LogP contribution in [0.1, 0.15) is 47.0 Å². The summed E-state index contributed by atoms with van der Waals surface area (Å²) in [6.07, 6.45) is 3.74. The monoisotopic (exact) mass is 283 g/mol. The van der Waals surface area contributed by atoms with E-state index in [-0.39, 0.29) is 5.54 Å². The molecule has 2 rings (SSSR count). The molecule has 0 aromatic rings. The highest BCUT2D eigenvalue weighted by Crippen LogP contribution is 2.25. The van der Waals surface area contributed by atoms with E-state index in [2.05, 4.69) is 37.9 Å². The van der Waals surface area contributed by atoms with Gasteiger partial charge in [-0.25, -0.2) is 0 Å². The zero-order chi connectivity index (χ0) is 13.9. The number of amidine groups is 1. The highest BCUT2D eigenvalue weighted by Gasteiger charge is 2.28. The zero-order valence-corrected chi connectivity index (χ0v) is 13.7. The molecule has 2 atom stereocenters. The van der Waals surface area contributed by atoms with Crippen LogP contribution in [0, 0.1) is 5.92 Å². The van der Waals surface area contributed by atoms with Gasteiger partial charge in [-0.3, -0.25) is 4.99 Å². The fourth-order valence-corrected chi connectivity index (χ4v) is 4.00. The van der Waals surface area contributed by atoms with Gasteiger partial charge in [0.15, 0.2) is 5.17 Å². The van der Waals surface area contributed by atoms with Gasteiger partial charge in [-0.2, -0.15) is 0 Å². The van der Waals surface area contributed by atoms with Gasteiger partial charge in [0.2, 0.25) is 0 Å². The van der Waals surface area contributed by atoms with E-state index in [1.807, 2.05) is 11.8 Å². The normalized spacial score (nSPS) is 35.0. The van der Waals surface area contributed by atoms with Gasteiger partial charge < -0.3 is 10.2 Å². The Morgan fingerprint density at radius 1 is 1.53 bits per heavy atom. The van der Waals surface area contributed by atoms with Gasteiger partial charge in [0.05, 0.1) is 0 Å². The number of hydrogen-bond donors (Lipinski definition) is 1. The van der Waals surface area contributed by atoms with Crippen LogP contribution in [0.5, 0.6) is 0 Å². The maximum atomic E-state index is 4.84. The van der Waals surface area contributed by atoms with Gasteiger partial charge in [0.25, 0.3) is 0 Å². The first-order chi connectivity index (χ1) is 9.02. The van der Waals surface area contributed by atoms with E-state index in [0.717, 1.165) is 12.5 Å². The molecule has 0 aliphatic carbocycles. The Hall–Kier alpha value is -0.220. The van der Waals surface area contributed by atoms with Crippen LogP contribution >= 0.6 is 11.8 Å². The molecule has 2 heterocycles. The Morgan fingerprint density at radius 2 is 2.32 bits per heavy atom. The molecule has 19 heavy (non-hydrogen) atoms. The van der Waals surface area contributed by atoms with Gasteiger partial charge in [-0.15, -0.1) is 0 Å². The number of hydrogen-bond acceptors (Lipinski definition) is 3. The maximum Gasteiger partial charge on any atom is 0.156 e. The lowest BCUT2D eigenvalue weighted by Gasteiger charge is -2.35. The molecular weight excluding hydrogens is 254 g/mol. The van der Waals surface area contributed by atoms with Crippen molar-refractivity contribution in [2.24, 2.45) is 10.9 Å². The maximum absolute atomic E-state index is 4.84. The second-order valence-electron chi connectivity index (χ2n) is 6.53. The Morgan fingerprint density at radius 3 is 2.95 bits per heavy atom. The molecule has 0 aromatic heterocycles. The van der Waals surface area contributed by atoms with E-state index in [0.29, 0.717) is 6.04 Å². The minimum absolute atomic E-state index is 0.268. The Balaban J connectivity index is 1.82. The van der Waals surface area contributed by atoms with Crippen LogP contribution in [0.15, 0.2) is 4.99 Å². The van der Waals surface area contributed by atoms with Gasteiger partial charge in [0, 0.05) is 30.4 Å². The molecule has 2 saturated heterocycles. The molecule has 0 radical (unpaired) electrons. The van der Waals surface area contributed by atoms with Gasteiger partial charge in [0.1, 0.15) is 0 Å². The topological polar surface area (TPSA) is 27.6 Å². The van der Waals surface area contributed by atoms with Crippen molar-refractivity contribution in [3.63, 3.8) is 0 Å². The molecular formula is C15H29N3S. The summed E-state index contributed by atoms with van der Waals surface area (Å²) >= 11 is 1.90. The largest absolute Gasteiger partial charge is 0.360 e. The predicted molar refractivity (Wildman–Crippen MR) is 86.0 cm³/mol. The average Bonchev–Trinajstić information content (AvgIpc) is 2.86. The minimum Gasteiger partial charge on any atom is -0.360 e. The van der Waals surface area contributed by atoms with Crippen molar-refractivity contribution in [1.82, 2.24) is 10.2 Å². The lowest BCUT2D eigenvalue weighted by Crippen LogP contribution is -2.48. The van der Waals surface area contributed by atoms with E-state index in [4.69, 9.17) is 4.99 Å². The van der Waals surface area contributed by atoms with Crippen LogP contribution in [-0.2, 0) is 0 Å². The molecule has 0 spiro atoms. The third-order valence-corrected chi connectivity index (χ3v) is 5.54. The Bertz CT molecular complexity index is 329. The van der Waals surface area contributed by atoms with Gasteiger partial charge >= 0.3 is 0 Å². The van der Waals surface area contributed by atoms with E-state index in [1.165, 1.54) is 43.3 Å². The summed E-state index contributed by atoms with van der Waals surface area (Å²) in [6.45, 7) is 12.6. The Labute approximate surface area is 122 Å². The number of rotatable bonds is 4. The first kappa shape index (κ1) is 15.2. The van der Waals surface area contributed by atoms with Crippen LogP contribution in [0.4, 0.5) is 0 Å². The summed E-state index contributed by atoms with van der Waals surface area (Å²) in [4.78, 5) is 7.42. The third kappa shape index (κ3) is 4.12. The number of likely N-dealkylation sites (tertiary alicyclic amines) is 1. The van der Waals surface area contributed by atoms with E-state index >= 15 is 0 Å². The summed E-state index contributed by atoms with van der Waals surface area (Å²) in [6, 6.07) is 0.684. The zero-order valence-electron chi connectivity index (χ0n) is 12.9. The van der Waals surface area contributed by atoms with Crippen LogP contribution in [-0.4, -0.2) is 47.0 Å². The number of nitrogens with one attached hydrogen (secondary N) is 1. The third-order valence-electron chi connectivity index (χ3n) is 4.62. The molecule has 2 aliphatic heterocycles. The van der Waals surface area contributed by atoms with Crippen molar-refractivity contribution in [2.75, 3.05) is 25.4 Å². The minimum atomic E-state index is 0.268. The molecule has 4 heteroatoms. The van der Waals surface area contributed by atoms with Crippen LogP contribution < -0.4 is 5.32 Å². The number of nitrogens with zero attached hydrogens (tertiary/aromatic N) is 2. The van der Waals surface area contributed by atoms with Crippen molar-refractivity contribution in [2.45, 2.75) is 58.5 Å². The molecule has 2 unspecified atom stereocenters. The second-order valence-corrected chi connectivity index (χ2v) is 7.61. The smallest absolute Gasteiger partial charge is 0.156 e. The lowest BCUT2D eigenvalue weighted by atomic mass is 9.96. The first-order valence-corrected chi connectivity index (χ1v) is 8.70. The highest BCUT2D eigenvalue weighted by atomic mass is 32.2. The molecule has 110 valence electrons. The van der Waals surface area contributed by atoms with Crippen molar-refractivity contribution < 1.29 is 0 Å². The quantitative estimate of drug-likeness (QED) is 0.859. The molecule has 0 amide bonds. The fraction of sp³-hybridized carbons (Fsp3) is 0.933. The van der Waals surface area contributed by atoms with Gasteiger partial charge in [-0.05, 0) is 52.5 Å². The molecule has 0 saturated carbocycles. The Kier molecular flexibility index (Phi) is 5.18. The van der Waals surface area contributed by atoms with Crippen molar-refractivity contribution in [3.05, 3.63) is 0 Å². The number of aliphatic imine (C=N–C) groups is 1. The summed E-state index contributed by atoms with van der Waals surface area (Å²) in [7, 11) is 0. The molecule has 3 nitrogen and oxygen atoms in total. The molecule has 0 aromatic carbocycles. The highest BCUT2D eigenvalue weighted by molar-refractivity contribution is 8.13. The summed E-state index contributed by atoms with van der Waals surface area (Å²) in [5.41, 5.74) is 0.268. The van der Waals surface area contributed by atoms with Crippen LogP contribution in [0.2, 0.25) is 0 Å². The summed E-state index contributed by atoms with van der Waals surface area (Å²) in [5, 5.41) is 4.82. The van der Waals surface area contributed by atoms with E-state index in [1.54, 1.807) is 0 Å². The van der Waals surface area contributed by atoms with Crippen molar-refractivity contribution >= 4 is 16.9 Å². The molecule has 0 bridgehead atoms. The van der Waals surface area contributed by atoms with Crippen molar-refractivity contribution in [3.8, 4) is 0 Å². The molecule has 2 fully saturated rings. The standard InChI is InChI=1S/C15H29N3S/c1-5-15(4)7-9-19-14(17-15)16-10-13-6-8-18(11-13)12(2)3/h12-13H,5-11H2,1-4H3,(H,16,17). The van der Waals surface area contributed by atoms with E-state index in [9.17, 15) is 0 Å². The van der Waals surface area contributed by atoms with Gasteiger partial charge in [-0.1, -0.05) is 18.7 Å². The van der Waals surface area contributed by atoms with E-state index < -0.39 is 0 Å². The summed E-state index contributed by atoms with van der Waals surface area (Å²) in [5.74, 6) is 1.96.